The zero-order valence-corrected chi connectivity index (χ0v) is 30.8. The van der Waals surface area contributed by atoms with E-state index in [-0.39, 0.29) is 16.2 Å². The number of anilines is 3. The highest BCUT2D eigenvalue weighted by atomic mass is 15.2. The number of aromatic nitrogens is 2. The van der Waals surface area contributed by atoms with Crippen LogP contribution in [0.5, 0.6) is 0 Å². The summed E-state index contributed by atoms with van der Waals surface area (Å²) in [6, 6.07) is 47.3. The van der Waals surface area contributed by atoms with E-state index in [4.69, 9.17) is 0 Å². The molecule has 0 radical (unpaired) electrons. The van der Waals surface area contributed by atoms with E-state index in [1.54, 1.807) is 0 Å². The lowest BCUT2D eigenvalue weighted by atomic mass is 9.59. The van der Waals surface area contributed by atoms with Gasteiger partial charge in [-0.15, -0.1) is 0 Å². The standard InChI is InChI=1S/C49H43N3/c1-47(2)40-22-20-38(52-45-17-9-7-15-41(45)49(5,6)42-16-8-10-18-46(42)52)29-44(40)48(3,4)39-21-19-32(28-43(39)47)35-25-36(33-13-11-23-50-30-33)27-37(26-35)34-14-12-24-51-31-34/h7-31H,1-6H3. The molecule has 0 amide bonds. The molecule has 0 bridgehead atoms. The quantitative estimate of drug-likeness (QED) is 0.186. The predicted octanol–water partition coefficient (Wildman–Crippen LogP) is 12.6. The number of hydrogen-bond donors (Lipinski definition) is 0. The smallest absolute Gasteiger partial charge is 0.0502 e. The summed E-state index contributed by atoms with van der Waals surface area (Å²) in [5.41, 5.74) is 18.3. The molecule has 3 heteroatoms. The summed E-state index contributed by atoms with van der Waals surface area (Å²) in [7, 11) is 0. The maximum absolute atomic E-state index is 4.43. The predicted molar refractivity (Wildman–Crippen MR) is 216 cm³/mol. The van der Waals surface area contributed by atoms with Gasteiger partial charge in [0.25, 0.3) is 0 Å². The average molecular weight is 674 g/mol. The van der Waals surface area contributed by atoms with Gasteiger partial charge in [-0.2, -0.15) is 0 Å². The molecule has 0 saturated heterocycles. The molecule has 3 nitrogen and oxygen atoms in total. The van der Waals surface area contributed by atoms with Crippen molar-refractivity contribution in [2.45, 2.75) is 57.8 Å². The normalized spacial score (nSPS) is 15.9. The first-order valence-corrected chi connectivity index (χ1v) is 18.3. The fourth-order valence-electron chi connectivity index (χ4n) is 8.95. The van der Waals surface area contributed by atoms with Crippen LogP contribution in [0.4, 0.5) is 17.1 Å². The third-order valence-corrected chi connectivity index (χ3v) is 11.9. The Kier molecular flexibility index (Phi) is 7.18. The molecular formula is C49H43N3. The molecular weight excluding hydrogens is 631 g/mol. The molecule has 5 aromatic carbocycles. The van der Waals surface area contributed by atoms with Crippen molar-refractivity contribution in [3.05, 3.63) is 186 Å². The molecule has 0 spiro atoms. The van der Waals surface area contributed by atoms with Crippen LogP contribution in [0.25, 0.3) is 33.4 Å². The van der Waals surface area contributed by atoms with Crippen molar-refractivity contribution >= 4 is 17.1 Å². The number of pyridine rings is 2. The minimum Gasteiger partial charge on any atom is -0.310 e. The van der Waals surface area contributed by atoms with Crippen molar-refractivity contribution in [2.75, 3.05) is 4.90 Å². The van der Waals surface area contributed by atoms with Crippen LogP contribution in [0.2, 0.25) is 0 Å². The van der Waals surface area contributed by atoms with E-state index in [0.717, 1.165) is 22.3 Å². The van der Waals surface area contributed by atoms with Gasteiger partial charge in [-0.1, -0.05) is 108 Å². The molecule has 0 atom stereocenters. The third-order valence-electron chi connectivity index (χ3n) is 11.9. The highest BCUT2D eigenvalue weighted by Crippen LogP contribution is 2.55. The van der Waals surface area contributed by atoms with Crippen LogP contribution >= 0.6 is 0 Å². The van der Waals surface area contributed by atoms with Crippen LogP contribution in [0.3, 0.4) is 0 Å². The second kappa shape index (κ2) is 11.6. The molecule has 7 aromatic rings. The lowest BCUT2D eigenvalue weighted by molar-refractivity contribution is 0.521. The van der Waals surface area contributed by atoms with Crippen molar-refractivity contribution in [2.24, 2.45) is 0 Å². The van der Waals surface area contributed by atoms with Crippen molar-refractivity contribution < 1.29 is 0 Å². The largest absolute Gasteiger partial charge is 0.310 e. The van der Waals surface area contributed by atoms with Crippen LogP contribution < -0.4 is 4.90 Å². The van der Waals surface area contributed by atoms with Gasteiger partial charge >= 0.3 is 0 Å². The molecule has 0 fully saturated rings. The van der Waals surface area contributed by atoms with E-state index in [2.05, 4.69) is 172 Å². The van der Waals surface area contributed by atoms with Gasteiger partial charge in [0.2, 0.25) is 0 Å². The van der Waals surface area contributed by atoms with Crippen molar-refractivity contribution in [1.82, 2.24) is 9.97 Å². The summed E-state index contributed by atoms with van der Waals surface area (Å²) in [5, 5.41) is 0. The fraction of sp³-hybridized carbons (Fsp3) is 0.184. The van der Waals surface area contributed by atoms with Crippen LogP contribution in [0, 0.1) is 0 Å². The van der Waals surface area contributed by atoms with Gasteiger partial charge < -0.3 is 4.90 Å². The zero-order chi connectivity index (χ0) is 35.8. The second-order valence-electron chi connectivity index (χ2n) is 16.0. The van der Waals surface area contributed by atoms with Gasteiger partial charge in [0.05, 0.1) is 11.4 Å². The minimum atomic E-state index is -0.207. The van der Waals surface area contributed by atoms with Crippen molar-refractivity contribution in [3.63, 3.8) is 0 Å². The Labute approximate surface area is 307 Å². The molecule has 9 rings (SSSR count). The molecule has 2 aromatic heterocycles. The van der Waals surface area contributed by atoms with Gasteiger partial charge in [-0.05, 0) is 116 Å². The van der Waals surface area contributed by atoms with E-state index in [1.165, 1.54) is 61.6 Å². The highest BCUT2D eigenvalue weighted by molar-refractivity contribution is 5.87. The molecule has 1 aliphatic carbocycles. The second-order valence-corrected chi connectivity index (χ2v) is 16.0. The van der Waals surface area contributed by atoms with Crippen LogP contribution in [0.1, 0.15) is 74.9 Å². The van der Waals surface area contributed by atoms with Gasteiger partial charge in [0, 0.05) is 57.8 Å². The molecule has 3 heterocycles. The Morgan fingerprint density at radius 1 is 0.365 bits per heavy atom. The lowest BCUT2D eigenvalue weighted by Gasteiger charge is -2.46. The zero-order valence-electron chi connectivity index (χ0n) is 30.8. The molecule has 52 heavy (non-hydrogen) atoms. The molecule has 254 valence electrons. The lowest BCUT2D eigenvalue weighted by Crippen LogP contribution is -2.37. The topological polar surface area (TPSA) is 29.0 Å². The number of nitrogens with zero attached hydrogens (tertiary/aromatic N) is 3. The molecule has 0 unspecified atom stereocenters. The van der Waals surface area contributed by atoms with Crippen molar-refractivity contribution in [1.29, 1.82) is 0 Å². The Morgan fingerprint density at radius 3 is 1.35 bits per heavy atom. The summed E-state index contributed by atoms with van der Waals surface area (Å²) >= 11 is 0. The summed E-state index contributed by atoms with van der Waals surface area (Å²) < 4.78 is 0. The van der Waals surface area contributed by atoms with E-state index in [1.807, 2.05) is 36.9 Å². The van der Waals surface area contributed by atoms with Gasteiger partial charge in [-0.3, -0.25) is 9.97 Å². The fourth-order valence-corrected chi connectivity index (χ4v) is 8.95. The number of hydrogen-bond acceptors (Lipinski definition) is 3. The maximum atomic E-state index is 4.43. The van der Waals surface area contributed by atoms with Gasteiger partial charge in [0.1, 0.15) is 0 Å². The first-order chi connectivity index (χ1) is 25.0. The SMILES string of the molecule is CC1(C)c2ccccc2N(c2ccc3c(c2)C(C)(C)c2ccc(-c4cc(-c5cccnc5)cc(-c5cccnc5)c4)cc2C3(C)C)c2ccccc21. The maximum Gasteiger partial charge on any atom is 0.0502 e. The molecule has 2 aliphatic rings. The van der Waals surface area contributed by atoms with Crippen molar-refractivity contribution in [3.8, 4) is 33.4 Å². The summed E-state index contributed by atoms with van der Waals surface area (Å²) in [4.78, 5) is 11.3. The monoisotopic (exact) mass is 673 g/mol. The number of benzene rings is 5. The highest BCUT2D eigenvalue weighted by Gasteiger charge is 2.43. The van der Waals surface area contributed by atoms with Crippen LogP contribution in [-0.2, 0) is 16.2 Å². The number of fused-ring (bicyclic) bond motifs is 4. The average Bonchev–Trinajstić information content (AvgIpc) is 3.18. The number of para-hydroxylation sites is 2. The number of rotatable bonds is 4. The summed E-state index contributed by atoms with van der Waals surface area (Å²) in [6.07, 6.45) is 7.54. The minimum absolute atomic E-state index is 0.0912. The first kappa shape index (κ1) is 32.1. The van der Waals surface area contributed by atoms with E-state index in [0.29, 0.717) is 0 Å². The molecule has 0 N–H and O–H groups in total. The van der Waals surface area contributed by atoms with E-state index >= 15 is 0 Å². The van der Waals surface area contributed by atoms with E-state index < -0.39 is 0 Å². The van der Waals surface area contributed by atoms with Gasteiger partial charge in [0.15, 0.2) is 0 Å². The summed E-state index contributed by atoms with van der Waals surface area (Å²) in [5.74, 6) is 0. The first-order valence-electron chi connectivity index (χ1n) is 18.3. The summed E-state index contributed by atoms with van der Waals surface area (Å²) in [6.45, 7) is 14.3. The Morgan fingerprint density at radius 2 is 0.827 bits per heavy atom. The van der Waals surface area contributed by atoms with Crippen LogP contribution in [-0.4, -0.2) is 9.97 Å². The Balaban J connectivity index is 1.18. The molecule has 0 saturated carbocycles. The van der Waals surface area contributed by atoms with E-state index in [9.17, 15) is 0 Å². The third kappa shape index (κ3) is 4.87. The van der Waals surface area contributed by atoms with Crippen LogP contribution in [0.15, 0.2) is 152 Å². The molecule has 1 aliphatic heterocycles. The Bertz CT molecular complexity index is 2380. The van der Waals surface area contributed by atoms with Gasteiger partial charge in [-0.25, -0.2) is 0 Å². The Hall–Kier alpha value is -5.80.